The van der Waals surface area contributed by atoms with Gasteiger partial charge in [-0.25, -0.2) is 5.53 Å². The van der Waals surface area contributed by atoms with E-state index in [1.807, 2.05) is 0 Å². The second-order valence-corrected chi connectivity index (χ2v) is 9.94. The SMILES string of the molecule is Cc1cc(OC(CCCC(F)(F)F)c2ccc(C(=O)NCC3N=NNN3)cc2)cc(C)c1-c1ccc(C(F)(F)F)cc1. The molecular formula is C29H29F6N5O2. The molecule has 0 saturated heterocycles. The van der Waals surface area contributed by atoms with Crippen LogP contribution in [-0.4, -0.2) is 24.8 Å². The molecular weight excluding hydrogens is 564 g/mol. The molecule has 2 unspecified atom stereocenters. The Bertz CT molecular complexity index is 1380. The van der Waals surface area contributed by atoms with Gasteiger partial charge >= 0.3 is 12.4 Å². The van der Waals surface area contributed by atoms with E-state index in [1.54, 1.807) is 50.2 Å². The van der Waals surface area contributed by atoms with Gasteiger partial charge in [0.05, 0.1) is 12.1 Å². The lowest BCUT2D eigenvalue weighted by Crippen LogP contribution is -2.40. The second-order valence-electron chi connectivity index (χ2n) is 9.94. The van der Waals surface area contributed by atoms with E-state index in [9.17, 15) is 31.1 Å². The van der Waals surface area contributed by atoms with E-state index in [-0.39, 0.29) is 25.3 Å². The van der Waals surface area contributed by atoms with Crippen LogP contribution in [0, 0.1) is 13.8 Å². The van der Waals surface area contributed by atoms with Gasteiger partial charge in [-0.3, -0.25) is 4.79 Å². The van der Waals surface area contributed by atoms with E-state index in [0.717, 1.165) is 28.8 Å². The van der Waals surface area contributed by atoms with Gasteiger partial charge < -0.3 is 10.1 Å². The van der Waals surface area contributed by atoms with Crippen molar-refractivity contribution in [2.75, 3.05) is 6.54 Å². The first kappa shape index (κ1) is 30.8. The van der Waals surface area contributed by atoms with Crippen LogP contribution in [0.1, 0.15) is 58.0 Å². The summed E-state index contributed by atoms with van der Waals surface area (Å²) in [6, 6.07) is 14.7. The maximum Gasteiger partial charge on any atom is 0.416 e. The highest BCUT2D eigenvalue weighted by molar-refractivity contribution is 5.94. The number of alkyl halides is 6. The fraction of sp³-hybridized carbons (Fsp3) is 0.345. The van der Waals surface area contributed by atoms with Crippen LogP contribution in [0.2, 0.25) is 0 Å². The number of carbonyl (C=O) groups is 1. The van der Waals surface area contributed by atoms with Crippen molar-refractivity contribution in [2.45, 2.75) is 57.7 Å². The second kappa shape index (κ2) is 12.8. The zero-order chi connectivity index (χ0) is 30.5. The molecule has 7 nitrogen and oxygen atoms in total. The largest absolute Gasteiger partial charge is 0.486 e. The standard InChI is InChI=1S/C29H29F6N5O2/c1-17-14-23(15-18(2)26(17)20-9-11-22(12-10-20)29(33,34)35)42-24(4-3-13-28(30,31)32)19-5-7-21(8-6-19)27(41)36-16-25-37-39-40-38-25/h5-12,14-15,24-25H,3-4,13,16H2,1-2H3,(H,36,41)(H,37,40)(H,38,39). The number of benzene rings is 3. The quantitative estimate of drug-likeness (QED) is 0.214. The number of carbonyl (C=O) groups excluding carboxylic acids is 1. The van der Waals surface area contributed by atoms with E-state index >= 15 is 0 Å². The minimum Gasteiger partial charge on any atom is -0.486 e. The lowest BCUT2D eigenvalue weighted by atomic mass is 9.94. The molecule has 1 amide bonds. The van der Waals surface area contributed by atoms with Crippen molar-refractivity contribution in [1.29, 1.82) is 0 Å². The number of nitrogens with one attached hydrogen (secondary N) is 3. The Morgan fingerprint density at radius 3 is 2.17 bits per heavy atom. The highest BCUT2D eigenvalue weighted by Crippen LogP contribution is 2.36. The van der Waals surface area contributed by atoms with E-state index in [0.29, 0.717) is 22.4 Å². The maximum absolute atomic E-state index is 13.0. The molecule has 0 aliphatic carbocycles. The molecule has 13 heteroatoms. The van der Waals surface area contributed by atoms with Crippen molar-refractivity contribution in [3.05, 3.63) is 88.5 Å². The number of rotatable bonds is 10. The Kier molecular flexibility index (Phi) is 9.40. The van der Waals surface area contributed by atoms with Crippen molar-refractivity contribution < 1.29 is 35.9 Å². The van der Waals surface area contributed by atoms with Crippen LogP contribution in [0.4, 0.5) is 26.3 Å². The number of nitrogens with zero attached hydrogens (tertiary/aromatic N) is 2. The molecule has 0 saturated carbocycles. The Hall–Kier alpha value is -4.13. The summed E-state index contributed by atoms with van der Waals surface area (Å²) in [5, 5.41) is 10.1. The monoisotopic (exact) mass is 593 g/mol. The topological polar surface area (TPSA) is 87.1 Å². The van der Waals surface area contributed by atoms with Crippen molar-refractivity contribution in [2.24, 2.45) is 10.3 Å². The van der Waals surface area contributed by atoms with Crippen LogP contribution >= 0.6 is 0 Å². The van der Waals surface area contributed by atoms with Crippen LogP contribution in [-0.2, 0) is 6.18 Å². The molecule has 1 heterocycles. The summed E-state index contributed by atoms with van der Waals surface area (Å²) >= 11 is 0. The minimum absolute atomic E-state index is 0.0646. The molecule has 2 atom stereocenters. The molecule has 1 aliphatic heterocycles. The van der Waals surface area contributed by atoms with Gasteiger partial charge in [0.2, 0.25) is 0 Å². The van der Waals surface area contributed by atoms with Gasteiger partial charge in [0.15, 0.2) is 6.17 Å². The first-order chi connectivity index (χ1) is 19.8. The van der Waals surface area contributed by atoms with E-state index in [2.05, 4.69) is 26.6 Å². The number of aryl methyl sites for hydroxylation is 2. The molecule has 3 aromatic carbocycles. The molecule has 3 aromatic rings. The normalized spacial score (nSPS) is 15.8. The maximum atomic E-state index is 13.0. The van der Waals surface area contributed by atoms with Crippen LogP contribution in [0.3, 0.4) is 0 Å². The van der Waals surface area contributed by atoms with Crippen LogP contribution in [0.25, 0.3) is 11.1 Å². The Balaban J connectivity index is 1.52. The Labute approximate surface area is 238 Å². The summed E-state index contributed by atoms with van der Waals surface area (Å²) in [6.45, 7) is 3.77. The van der Waals surface area contributed by atoms with Crippen molar-refractivity contribution in [3.63, 3.8) is 0 Å². The van der Waals surface area contributed by atoms with Crippen LogP contribution < -0.4 is 21.0 Å². The number of hydrazine groups is 1. The molecule has 42 heavy (non-hydrogen) atoms. The number of halogens is 6. The summed E-state index contributed by atoms with van der Waals surface area (Å²) in [7, 11) is 0. The lowest BCUT2D eigenvalue weighted by molar-refractivity contribution is -0.138. The summed E-state index contributed by atoms with van der Waals surface area (Å²) in [5.74, 6) is 0.0522. The zero-order valence-electron chi connectivity index (χ0n) is 22.7. The molecule has 3 N–H and O–H groups in total. The lowest BCUT2D eigenvalue weighted by Gasteiger charge is -2.22. The summed E-state index contributed by atoms with van der Waals surface area (Å²) in [5.41, 5.74) is 8.19. The van der Waals surface area contributed by atoms with Crippen LogP contribution in [0.5, 0.6) is 5.75 Å². The van der Waals surface area contributed by atoms with Gasteiger partial charge in [-0.2, -0.15) is 31.8 Å². The molecule has 0 fully saturated rings. The third kappa shape index (κ3) is 8.21. The molecule has 0 aromatic heterocycles. The summed E-state index contributed by atoms with van der Waals surface area (Å²) in [6.07, 6.45) is -11.0. The van der Waals surface area contributed by atoms with Gasteiger partial charge in [0.25, 0.3) is 5.91 Å². The number of ether oxygens (including phenoxy) is 1. The van der Waals surface area contributed by atoms with Gasteiger partial charge in [-0.15, -0.1) is 5.11 Å². The predicted octanol–water partition coefficient (Wildman–Crippen LogP) is 7.37. The van der Waals surface area contributed by atoms with E-state index < -0.39 is 36.6 Å². The van der Waals surface area contributed by atoms with Crippen molar-refractivity contribution in [1.82, 2.24) is 16.3 Å². The smallest absolute Gasteiger partial charge is 0.416 e. The van der Waals surface area contributed by atoms with Crippen LogP contribution in [0.15, 0.2) is 71.0 Å². The third-order valence-electron chi connectivity index (χ3n) is 6.69. The number of hydrogen-bond acceptors (Lipinski definition) is 6. The fourth-order valence-electron chi connectivity index (χ4n) is 4.68. The zero-order valence-corrected chi connectivity index (χ0v) is 22.7. The number of hydrogen-bond donors (Lipinski definition) is 3. The predicted molar refractivity (Wildman–Crippen MR) is 143 cm³/mol. The first-order valence-corrected chi connectivity index (χ1v) is 13.1. The number of amides is 1. The summed E-state index contributed by atoms with van der Waals surface area (Å²) < 4.78 is 83.9. The van der Waals surface area contributed by atoms with Gasteiger partial charge in [0, 0.05) is 12.0 Å². The average molecular weight is 594 g/mol. The van der Waals surface area contributed by atoms with Crippen molar-refractivity contribution >= 4 is 5.91 Å². The van der Waals surface area contributed by atoms with Gasteiger partial charge in [0.1, 0.15) is 11.9 Å². The average Bonchev–Trinajstić information content (AvgIpc) is 3.44. The molecule has 4 rings (SSSR count). The van der Waals surface area contributed by atoms with Crippen molar-refractivity contribution in [3.8, 4) is 16.9 Å². The third-order valence-corrected chi connectivity index (χ3v) is 6.69. The highest BCUT2D eigenvalue weighted by Gasteiger charge is 2.30. The molecule has 224 valence electrons. The molecule has 0 spiro atoms. The Morgan fingerprint density at radius 2 is 1.62 bits per heavy atom. The minimum atomic E-state index is -4.44. The van der Waals surface area contributed by atoms with E-state index in [1.165, 1.54) is 12.1 Å². The molecule has 0 bridgehead atoms. The van der Waals surface area contributed by atoms with Gasteiger partial charge in [-0.1, -0.05) is 29.5 Å². The van der Waals surface area contributed by atoms with Gasteiger partial charge in [-0.05, 0) is 90.9 Å². The van der Waals surface area contributed by atoms with E-state index in [4.69, 9.17) is 4.74 Å². The molecule has 1 aliphatic rings. The first-order valence-electron chi connectivity index (χ1n) is 13.1. The fourth-order valence-corrected chi connectivity index (χ4v) is 4.68. The summed E-state index contributed by atoms with van der Waals surface area (Å²) in [4.78, 5) is 12.5. The highest BCUT2D eigenvalue weighted by atomic mass is 19.4. The molecule has 0 radical (unpaired) electrons. The Morgan fingerprint density at radius 1 is 0.976 bits per heavy atom.